The van der Waals surface area contributed by atoms with Gasteiger partial charge in [0, 0.05) is 12.6 Å². The summed E-state index contributed by atoms with van der Waals surface area (Å²) in [6, 6.07) is 13.7. The van der Waals surface area contributed by atoms with Crippen molar-refractivity contribution in [2.45, 2.75) is 6.04 Å². The highest BCUT2D eigenvalue weighted by Crippen LogP contribution is 2.35. The highest BCUT2D eigenvalue weighted by molar-refractivity contribution is 9.10. The normalized spacial score (nSPS) is 17.6. The van der Waals surface area contributed by atoms with Gasteiger partial charge in [0.25, 0.3) is 0 Å². The number of halogens is 2. The summed E-state index contributed by atoms with van der Waals surface area (Å²) in [5.74, 6) is -0.249. The van der Waals surface area contributed by atoms with E-state index in [1.807, 2.05) is 18.2 Å². The molecule has 0 saturated carbocycles. The van der Waals surface area contributed by atoms with E-state index in [1.54, 1.807) is 6.07 Å². The lowest BCUT2D eigenvalue weighted by atomic mass is 10.0. The summed E-state index contributed by atoms with van der Waals surface area (Å²) in [6.07, 6.45) is 0. The number of hydrogen-bond donors (Lipinski definition) is 2. The highest BCUT2D eigenvalue weighted by atomic mass is 79.9. The van der Waals surface area contributed by atoms with Crippen LogP contribution in [-0.2, 0) is 0 Å². The lowest BCUT2D eigenvalue weighted by Gasteiger charge is -2.29. The minimum atomic E-state index is -0.249. The summed E-state index contributed by atoms with van der Waals surface area (Å²) in [7, 11) is 0. The number of hydrogen-bond acceptors (Lipinski definition) is 2. The predicted octanol–water partition coefficient (Wildman–Crippen LogP) is 4.17. The maximum Gasteiger partial charge on any atom is 0.139 e. The minimum Gasteiger partial charge on any atom is -0.381 e. The zero-order valence-electron chi connectivity index (χ0n) is 9.58. The van der Waals surface area contributed by atoms with Gasteiger partial charge in [-0.25, -0.2) is 4.39 Å². The monoisotopic (exact) mass is 306 g/mol. The first kappa shape index (κ1) is 11.5. The third-order valence-corrected chi connectivity index (χ3v) is 3.70. The zero-order chi connectivity index (χ0) is 12.5. The molecule has 0 saturated heterocycles. The molecule has 2 aromatic rings. The number of anilines is 2. The smallest absolute Gasteiger partial charge is 0.139 e. The molecule has 2 nitrogen and oxygen atoms in total. The van der Waals surface area contributed by atoms with Crippen molar-refractivity contribution in [2.24, 2.45) is 0 Å². The molecule has 4 heteroatoms. The summed E-state index contributed by atoms with van der Waals surface area (Å²) in [5.41, 5.74) is 2.95. The van der Waals surface area contributed by atoms with Crippen molar-refractivity contribution in [3.8, 4) is 0 Å². The molecule has 0 aliphatic carbocycles. The van der Waals surface area contributed by atoms with E-state index in [2.05, 4.69) is 38.7 Å². The maximum atomic E-state index is 13.4. The largest absolute Gasteiger partial charge is 0.381 e. The molecular formula is C14H12BrFN2. The Morgan fingerprint density at radius 1 is 1.11 bits per heavy atom. The van der Waals surface area contributed by atoms with Gasteiger partial charge in [0.05, 0.1) is 21.9 Å². The molecule has 0 fully saturated rings. The van der Waals surface area contributed by atoms with Gasteiger partial charge in [-0.1, -0.05) is 30.3 Å². The van der Waals surface area contributed by atoms with Gasteiger partial charge in [0.1, 0.15) is 5.82 Å². The summed E-state index contributed by atoms with van der Waals surface area (Å²) >= 11 is 3.21. The van der Waals surface area contributed by atoms with Gasteiger partial charge in [0.15, 0.2) is 0 Å². The van der Waals surface area contributed by atoms with Crippen LogP contribution in [0.1, 0.15) is 11.6 Å². The Labute approximate surface area is 113 Å². The zero-order valence-corrected chi connectivity index (χ0v) is 11.2. The Hall–Kier alpha value is -1.55. The summed E-state index contributed by atoms with van der Waals surface area (Å²) in [4.78, 5) is 0. The van der Waals surface area contributed by atoms with Crippen LogP contribution in [0.25, 0.3) is 0 Å². The molecule has 92 valence electrons. The average molecular weight is 307 g/mol. The Bertz CT molecular complexity index is 572. The third-order valence-electron chi connectivity index (χ3n) is 3.09. The Balaban J connectivity index is 1.92. The van der Waals surface area contributed by atoms with E-state index >= 15 is 0 Å². The van der Waals surface area contributed by atoms with Crippen LogP contribution in [-0.4, -0.2) is 6.54 Å². The van der Waals surface area contributed by atoms with Gasteiger partial charge in [-0.15, -0.1) is 0 Å². The van der Waals surface area contributed by atoms with Gasteiger partial charge >= 0.3 is 0 Å². The van der Waals surface area contributed by atoms with Gasteiger partial charge in [-0.3, -0.25) is 0 Å². The SMILES string of the molecule is Fc1cc2c(cc1Br)NC(c1ccccc1)CN2. The predicted molar refractivity (Wildman–Crippen MR) is 75.4 cm³/mol. The molecular weight excluding hydrogens is 295 g/mol. The van der Waals surface area contributed by atoms with Crippen LogP contribution in [0.4, 0.5) is 15.8 Å². The second-order valence-corrected chi connectivity index (χ2v) is 5.15. The molecule has 1 atom stereocenters. The molecule has 2 N–H and O–H groups in total. The van der Waals surface area contributed by atoms with Gasteiger partial charge in [0.2, 0.25) is 0 Å². The van der Waals surface area contributed by atoms with E-state index in [-0.39, 0.29) is 11.9 Å². The molecule has 0 amide bonds. The first-order valence-electron chi connectivity index (χ1n) is 5.78. The number of benzene rings is 2. The van der Waals surface area contributed by atoms with Crippen molar-refractivity contribution in [3.63, 3.8) is 0 Å². The Morgan fingerprint density at radius 2 is 1.89 bits per heavy atom. The molecule has 0 bridgehead atoms. The van der Waals surface area contributed by atoms with E-state index in [4.69, 9.17) is 0 Å². The van der Waals surface area contributed by atoms with E-state index in [0.717, 1.165) is 17.9 Å². The molecule has 1 aliphatic rings. The molecule has 0 aromatic heterocycles. The molecule has 18 heavy (non-hydrogen) atoms. The lowest BCUT2D eigenvalue weighted by Crippen LogP contribution is -2.25. The number of fused-ring (bicyclic) bond motifs is 1. The lowest BCUT2D eigenvalue weighted by molar-refractivity contribution is 0.620. The fourth-order valence-electron chi connectivity index (χ4n) is 2.15. The van der Waals surface area contributed by atoms with Crippen molar-refractivity contribution < 1.29 is 4.39 Å². The van der Waals surface area contributed by atoms with Crippen LogP contribution in [0.15, 0.2) is 46.9 Å². The van der Waals surface area contributed by atoms with Crippen molar-refractivity contribution >= 4 is 27.3 Å². The molecule has 1 unspecified atom stereocenters. The van der Waals surface area contributed by atoms with E-state index in [1.165, 1.54) is 11.6 Å². The minimum absolute atomic E-state index is 0.205. The van der Waals surface area contributed by atoms with Crippen molar-refractivity contribution in [3.05, 3.63) is 58.3 Å². The summed E-state index contributed by atoms with van der Waals surface area (Å²) in [6.45, 7) is 0.748. The van der Waals surface area contributed by atoms with Crippen LogP contribution < -0.4 is 10.6 Å². The fourth-order valence-corrected chi connectivity index (χ4v) is 2.49. The van der Waals surface area contributed by atoms with Crippen molar-refractivity contribution in [2.75, 3.05) is 17.2 Å². The highest BCUT2D eigenvalue weighted by Gasteiger charge is 2.19. The van der Waals surface area contributed by atoms with E-state index in [0.29, 0.717) is 4.47 Å². The number of nitrogens with one attached hydrogen (secondary N) is 2. The topological polar surface area (TPSA) is 24.1 Å². The first-order chi connectivity index (χ1) is 8.74. The van der Waals surface area contributed by atoms with Crippen molar-refractivity contribution in [1.29, 1.82) is 0 Å². The van der Waals surface area contributed by atoms with Crippen LogP contribution in [0, 0.1) is 5.82 Å². The Kier molecular flexibility index (Phi) is 2.96. The second kappa shape index (κ2) is 4.61. The van der Waals surface area contributed by atoms with Crippen LogP contribution >= 0.6 is 15.9 Å². The van der Waals surface area contributed by atoms with E-state index < -0.39 is 0 Å². The molecule has 3 rings (SSSR count). The fraction of sp³-hybridized carbons (Fsp3) is 0.143. The van der Waals surface area contributed by atoms with E-state index in [9.17, 15) is 4.39 Å². The summed E-state index contributed by atoms with van der Waals surface area (Å²) in [5, 5.41) is 6.68. The number of rotatable bonds is 1. The van der Waals surface area contributed by atoms with Crippen LogP contribution in [0.2, 0.25) is 0 Å². The quantitative estimate of drug-likeness (QED) is 0.826. The third kappa shape index (κ3) is 2.08. The van der Waals surface area contributed by atoms with Gasteiger partial charge in [-0.2, -0.15) is 0 Å². The average Bonchev–Trinajstić information content (AvgIpc) is 2.41. The second-order valence-electron chi connectivity index (χ2n) is 4.30. The van der Waals surface area contributed by atoms with Crippen molar-refractivity contribution in [1.82, 2.24) is 0 Å². The Morgan fingerprint density at radius 3 is 2.67 bits per heavy atom. The van der Waals surface area contributed by atoms with Crippen LogP contribution in [0.3, 0.4) is 0 Å². The maximum absolute atomic E-state index is 13.4. The standard InChI is InChI=1S/C14H12BrFN2/c15-10-6-13-12(7-11(10)16)17-8-14(18-13)9-4-2-1-3-5-9/h1-7,14,17-18H,8H2. The van der Waals surface area contributed by atoms with Gasteiger partial charge in [-0.05, 0) is 27.6 Å². The molecule has 0 radical (unpaired) electrons. The molecule has 1 heterocycles. The first-order valence-corrected chi connectivity index (χ1v) is 6.58. The van der Waals surface area contributed by atoms with Gasteiger partial charge < -0.3 is 10.6 Å². The molecule has 0 spiro atoms. The molecule has 1 aliphatic heterocycles. The molecule has 2 aromatic carbocycles. The summed E-state index contributed by atoms with van der Waals surface area (Å²) < 4.78 is 13.9. The van der Waals surface area contributed by atoms with Crippen LogP contribution in [0.5, 0.6) is 0 Å².